The van der Waals surface area contributed by atoms with Crippen molar-refractivity contribution >= 4 is 18.2 Å². The molecule has 1 rings (SSSR count). The Morgan fingerprint density at radius 1 is 0.839 bits per heavy atom. The van der Waals surface area contributed by atoms with Crippen LogP contribution in [-0.4, -0.2) is 39.8 Å². The number of esters is 1. The molecule has 1 aromatic rings. The van der Waals surface area contributed by atoms with Gasteiger partial charge in [-0.2, -0.15) is 4.90 Å². The van der Waals surface area contributed by atoms with Crippen LogP contribution in [0.5, 0.6) is 0 Å². The number of hydrogen-bond donors (Lipinski definition) is 0. The summed E-state index contributed by atoms with van der Waals surface area (Å²) in [6.45, 7) is 15.4. The van der Waals surface area contributed by atoms with Crippen molar-refractivity contribution in [2.75, 3.05) is 0 Å². The summed E-state index contributed by atoms with van der Waals surface area (Å²) in [4.78, 5) is 40.2. The second-order valence-corrected chi connectivity index (χ2v) is 10.2. The maximum atomic E-state index is 13.3. The lowest BCUT2D eigenvalue weighted by Crippen LogP contribution is -2.60. The van der Waals surface area contributed by atoms with Crippen LogP contribution in [0.4, 0.5) is 9.59 Å². The van der Waals surface area contributed by atoms with Crippen LogP contribution in [0.2, 0.25) is 0 Å². The first-order valence-electron chi connectivity index (χ1n) is 10.5. The minimum absolute atomic E-state index is 0.0177. The minimum atomic E-state index is -1.62. The summed E-state index contributed by atoms with van der Waals surface area (Å²) < 4.78 is 16.4. The largest absolute Gasteiger partial charge is 0.459 e. The Labute approximate surface area is 186 Å². The topological polar surface area (TPSA) is 82.1 Å². The van der Waals surface area contributed by atoms with Crippen LogP contribution >= 0.6 is 0 Å². The molecular weight excluding hydrogens is 398 g/mol. The molecule has 0 bridgehead atoms. The van der Waals surface area contributed by atoms with Crippen LogP contribution in [0.25, 0.3) is 0 Å². The predicted octanol–water partition coefficient (Wildman–Crippen LogP) is 5.71. The van der Waals surface area contributed by atoms with Gasteiger partial charge in [-0.25, -0.2) is 14.4 Å². The highest BCUT2D eigenvalue weighted by Crippen LogP contribution is 2.30. The van der Waals surface area contributed by atoms with E-state index in [-0.39, 0.29) is 18.9 Å². The zero-order valence-corrected chi connectivity index (χ0v) is 20.3. The normalized spacial score (nSPS) is 13.9. The Morgan fingerprint density at radius 3 is 1.68 bits per heavy atom. The third-order valence-electron chi connectivity index (χ3n) is 4.10. The van der Waals surface area contributed by atoms with E-state index in [1.165, 1.54) is 6.92 Å². The number of ether oxygens (including phenoxy) is 3. The lowest BCUT2D eigenvalue weighted by molar-refractivity contribution is -0.159. The summed E-state index contributed by atoms with van der Waals surface area (Å²) in [5, 5.41) is 0. The van der Waals surface area contributed by atoms with Gasteiger partial charge in [0.05, 0.1) is 0 Å². The maximum absolute atomic E-state index is 13.3. The quantitative estimate of drug-likeness (QED) is 0.421. The van der Waals surface area contributed by atoms with Crippen molar-refractivity contribution in [3.05, 3.63) is 35.9 Å². The van der Waals surface area contributed by atoms with Crippen LogP contribution < -0.4 is 0 Å². The van der Waals surface area contributed by atoms with Gasteiger partial charge < -0.3 is 14.2 Å². The molecule has 0 fully saturated rings. The van der Waals surface area contributed by atoms with Gasteiger partial charge in [-0.1, -0.05) is 44.2 Å². The molecule has 0 aliphatic rings. The van der Waals surface area contributed by atoms with E-state index in [1.54, 1.807) is 41.5 Å². The average Bonchev–Trinajstić information content (AvgIpc) is 2.56. The van der Waals surface area contributed by atoms with Crippen LogP contribution in [0.15, 0.2) is 30.3 Å². The Morgan fingerprint density at radius 2 is 1.29 bits per heavy atom. The molecule has 2 amide bonds. The van der Waals surface area contributed by atoms with Crippen LogP contribution in [0.3, 0.4) is 0 Å². The Balaban J connectivity index is 3.34. The monoisotopic (exact) mass is 435 g/mol. The lowest BCUT2D eigenvalue weighted by atomic mass is 9.89. The van der Waals surface area contributed by atoms with Crippen molar-refractivity contribution < 1.29 is 28.6 Å². The molecule has 0 heterocycles. The Kier molecular flexibility index (Phi) is 8.67. The van der Waals surface area contributed by atoms with Gasteiger partial charge in [-0.3, -0.25) is 0 Å². The van der Waals surface area contributed by atoms with Crippen molar-refractivity contribution in [2.45, 2.75) is 92.1 Å². The summed E-state index contributed by atoms with van der Waals surface area (Å²) in [6.07, 6.45) is -1.73. The molecule has 0 radical (unpaired) electrons. The van der Waals surface area contributed by atoms with E-state index < -0.39 is 34.9 Å². The van der Waals surface area contributed by atoms with Gasteiger partial charge in [0.25, 0.3) is 0 Å². The highest BCUT2D eigenvalue weighted by molar-refractivity contribution is 5.96. The summed E-state index contributed by atoms with van der Waals surface area (Å²) in [7, 11) is 0. The standard InChI is InChI=1S/C24H37NO6/c1-17(2)15-24(9,19(26)29-16-18-13-11-10-12-14-18)25(20(27)30-22(3,4)5)21(28)31-23(6,7)8/h10-14,17H,15-16H2,1-9H3. The first-order chi connectivity index (χ1) is 14.0. The van der Waals surface area contributed by atoms with Gasteiger partial charge in [0.2, 0.25) is 0 Å². The number of benzene rings is 1. The van der Waals surface area contributed by atoms with E-state index in [1.807, 2.05) is 44.2 Å². The van der Waals surface area contributed by atoms with E-state index in [9.17, 15) is 14.4 Å². The zero-order valence-electron chi connectivity index (χ0n) is 20.3. The summed E-state index contributed by atoms with van der Waals surface area (Å²) in [6, 6.07) is 9.19. The van der Waals surface area contributed by atoms with E-state index in [0.717, 1.165) is 10.5 Å². The minimum Gasteiger partial charge on any atom is -0.459 e. The summed E-state index contributed by atoms with van der Waals surface area (Å²) >= 11 is 0. The number of nitrogens with zero attached hydrogens (tertiary/aromatic N) is 1. The van der Waals surface area contributed by atoms with Gasteiger partial charge in [0.1, 0.15) is 17.8 Å². The Bertz CT molecular complexity index is 733. The molecule has 174 valence electrons. The Hall–Kier alpha value is -2.57. The fraction of sp³-hybridized carbons (Fsp3) is 0.625. The molecule has 1 unspecified atom stereocenters. The number of amides is 2. The van der Waals surface area contributed by atoms with Crippen LogP contribution in [0, 0.1) is 5.92 Å². The summed E-state index contributed by atoms with van der Waals surface area (Å²) in [5.74, 6) is -0.733. The van der Waals surface area contributed by atoms with Gasteiger partial charge in [-0.15, -0.1) is 0 Å². The van der Waals surface area contributed by atoms with Gasteiger partial charge >= 0.3 is 18.2 Å². The van der Waals surface area contributed by atoms with Crippen molar-refractivity contribution in [1.29, 1.82) is 0 Å². The number of carbonyl (C=O) groups is 3. The molecule has 1 atom stereocenters. The third kappa shape index (κ3) is 8.59. The zero-order chi connectivity index (χ0) is 24.0. The molecule has 0 saturated carbocycles. The van der Waals surface area contributed by atoms with Crippen molar-refractivity contribution in [1.82, 2.24) is 4.90 Å². The van der Waals surface area contributed by atoms with E-state index in [4.69, 9.17) is 14.2 Å². The molecule has 7 heteroatoms. The van der Waals surface area contributed by atoms with Crippen molar-refractivity contribution in [3.63, 3.8) is 0 Å². The van der Waals surface area contributed by atoms with Crippen molar-refractivity contribution in [2.24, 2.45) is 5.92 Å². The average molecular weight is 436 g/mol. The number of imide groups is 1. The highest BCUT2D eigenvalue weighted by Gasteiger charge is 2.50. The van der Waals surface area contributed by atoms with E-state index in [2.05, 4.69) is 0 Å². The number of hydrogen-bond acceptors (Lipinski definition) is 6. The fourth-order valence-corrected chi connectivity index (χ4v) is 3.03. The summed E-state index contributed by atoms with van der Waals surface area (Å²) in [5.41, 5.74) is -2.56. The first kappa shape index (κ1) is 26.5. The molecule has 1 aromatic carbocycles. The molecule has 0 aliphatic carbocycles. The fourth-order valence-electron chi connectivity index (χ4n) is 3.03. The van der Waals surface area contributed by atoms with Gasteiger partial charge in [-0.05, 0) is 66.4 Å². The molecule has 0 spiro atoms. The number of rotatable bonds is 6. The van der Waals surface area contributed by atoms with Crippen molar-refractivity contribution in [3.8, 4) is 0 Å². The SMILES string of the molecule is CC(C)CC(C)(C(=O)OCc1ccccc1)N(C(=O)OC(C)(C)C)C(=O)OC(C)(C)C. The third-order valence-corrected chi connectivity index (χ3v) is 4.10. The van der Waals surface area contributed by atoms with Gasteiger partial charge in [0, 0.05) is 0 Å². The molecule has 0 aliphatic heterocycles. The lowest BCUT2D eigenvalue weighted by Gasteiger charge is -2.39. The van der Waals surface area contributed by atoms with E-state index >= 15 is 0 Å². The molecule has 0 aromatic heterocycles. The van der Waals surface area contributed by atoms with Crippen LogP contribution in [-0.2, 0) is 25.6 Å². The van der Waals surface area contributed by atoms with E-state index in [0.29, 0.717) is 0 Å². The predicted molar refractivity (Wildman–Crippen MR) is 118 cm³/mol. The van der Waals surface area contributed by atoms with Gasteiger partial charge in [0.15, 0.2) is 5.54 Å². The molecular formula is C24H37NO6. The molecule has 0 saturated heterocycles. The smallest absolute Gasteiger partial charge is 0.420 e. The molecule has 0 N–H and O–H groups in total. The maximum Gasteiger partial charge on any atom is 0.420 e. The highest BCUT2D eigenvalue weighted by atomic mass is 16.6. The second kappa shape index (κ2) is 10.2. The second-order valence-electron chi connectivity index (χ2n) is 10.2. The number of carbonyl (C=O) groups excluding carboxylic acids is 3. The molecule has 7 nitrogen and oxygen atoms in total. The van der Waals surface area contributed by atoms with Crippen LogP contribution in [0.1, 0.15) is 74.3 Å². The first-order valence-corrected chi connectivity index (χ1v) is 10.5. The molecule has 31 heavy (non-hydrogen) atoms.